The van der Waals surface area contributed by atoms with Gasteiger partial charge in [0.15, 0.2) is 5.58 Å². The number of amides is 1. The van der Waals surface area contributed by atoms with Crippen LogP contribution in [0.25, 0.3) is 22.6 Å². The van der Waals surface area contributed by atoms with Gasteiger partial charge in [-0.3, -0.25) is 4.79 Å². The second-order valence-corrected chi connectivity index (χ2v) is 7.42. The molecule has 1 aromatic heterocycles. The molecular formula is C22H16Cl2N2O2. The zero-order chi connectivity index (χ0) is 19.8. The van der Waals surface area contributed by atoms with Crippen LogP contribution in [0.4, 0.5) is 5.69 Å². The summed E-state index contributed by atoms with van der Waals surface area (Å²) in [6.45, 7) is 3.86. The Hall–Kier alpha value is -2.82. The molecule has 0 unspecified atom stereocenters. The first-order valence-electron chi connectivity index (χ1n) is 8.65. The van der Waals surface area contributed by atoms with E-state index in [9.17, 15) is 4.79 Å². The van der Waals surface area contributed by atoms with Gasteiger partial charge in [-0.1, -0.05) is 35.3 Å². The lowest BCUT2D eigenvalue weighted by molar-refractivity contribution is 0.102. The molecule has 4 aromatic rings. The predicted octanol–water partition coefficient (Wildman–Crippen LogP) is 6.67. The number of carbonyl (C=O) groups excluding carboxylic acids is 1. The summed E-state index contributed by atoms with van der Waals surface area (Å²) in [5, 5.41) is 3.92. The number of nitrogens with zero attached hydrogens (tertiary/aromatic N) is 1. The number of halogens is 2. The Morgan fingerprint density at radius 3 is 2.54 bits per heavy atom. The lowest BCUT2D eigenvalue weighted by atomic mass is 10.1. The van der Waals surface area contributed by atoms with Crippen LogP contribution in [0.15, 0.2) is 59.0 Å². The molecule has 0 aliphatic heterocycles. The molecule has 4 rings (SSSR count). The molecule has 28 heavy (non-hydrogen) atoms. The van der Waals surface area contributed by atoms with E-state index in [4.69, 9.17) is 27.6 Å². The van der Waals surface area contributed by atoms with Crippen LogP contribution in [0.1, 0.15) is 21.5 Å². The van der Waals surface area contributed by atoms with Crippen LogP contribution in [0, 0.1) is 13.8 Å². The molecule has 140 valence electrons. The predicted molar refractivity (Wildman–Crippen MR) is 113 cm³/mol. The van der Waals surface area contributed by atoms with Gasteiger partial charge in [0.05, 0.1) is 10.6 Å². The van der Waals surface area contributed by atoms with Gasteiger partial charge in [0.1, 0.15) is 5.52 Å². The van der Waals surface area contributed by atoms with E-state index in [0.717, 1.165) is 16.7 Å². The van der Waals surface area contributed by atoms with Gasteiger partial charge in [0.25, 0.3) is 5.91 Å². The summed E-state index contributed by atoms with van der Waals surface area (Å²) in [5.41, 5.74) is 5.07. The van der Waals surface area contributed by atoms with E-state index in [0.29, 0.717) is 38.3 Å². The van der Waals surface area contributed by atoms with Gasteiger partial charge in [0, 0.05) is 16.3 Å². The molecule has 0 atom stereocenters. The molecule has 0 saturated carbocycles. The van der Waals surface area contributed by atoms with Crippen LogP contribution < -0.4 is 5.32 Å². The third-order valence-corrected chi connectivity index (χ3v) is 5.15. The topological polar surface area (TPSA) is 55.1 Å². The first kappa shape index (κ1) is 18.5. The van der Waals surface area contributed by atoms with Crippen molar-refractivity contribution in [3.63, 3.8) is 0 Å². The van der Waals surface area contributed by atoms with Crippen molar-refractivity contribution >= 4 is 45.9 Å². The van der Waals surface area contributed by atoms with E-state index in [1.165, 1.54) is 0 Å². The van der Waals surface area contributed by atoms with Crippen molar-refractivity contribution in [3.05, 3.63) is 81.3 Å². The standard InChI is InChI=1S/C22H16Cl2N2O2/c1-12-3-7-16(18(24)9-12)21(27)25-15-6-8-20-19(11-15)26-22(28-20)14-5-4-13(2)17(23)10-14/h3-11H,1-2H3,(H,25,27). The van der Waals surface area contributed by atoms with Gasteiger partial charge >= 0.3 is 0 Å². The highest BCUT2D eigenvalue weighted by molar-refractivity contribution is 6.34. The molecule has 3 aromatic carbocycles. The highest BCUT2D eigenvalue weighted by Gasteiger charge is 2.13. The Morgan fingerprint density at radius 2 is 1.79 bits per heavy atom. The van der Waals surface area contributed by atoms with Crippen molar-refractivity contribution < 1.29 is 9.21 Å². The van der Waals surface area contributed by atoms with Crippen LogP contribution in [0.2, 0.25) is 10.0 Å². The summed E-state index contributed by atoms with van der Waals surface area (Å²) in [5.74, 6) is 0.195. The number of aryl methyl sites for hydroxylation is 2. The van der Waals surface area contributed by atoms with E-state index in [1.807, 2.05) is 38.1 Å². The molecule has 0 aliphatic rings. The number of benzene rings is 3. The average molecular weight is 411 g/mol. The number of rotatable bonds is 3. The molecule has 0 spiro atoms. The lowest BCUT2D eigenvalue weighted by Crippen LogP contribution is -2.12. The molecule has 6 heteroatoms. The molecule has 0 radical (unpaired) electrons. The molecule has 0 bridgehead atoms. The quantitative estimate of drug-likeness (QED) is 0.410. The highest BCUT2D eigenvalue weighted by Crippen LogP contribution is 2.29. The minimum absolute atomic E-state index is 0.279. The number of hydrogen-bond donors (Lipinski definition) is 1. The number of oxazole rings is 1. The molecule has 0 saturated heterocycles. The van der Waals surface area contributed by atoms with Gasteiger partial charge in [-0.15, -0.1) is 0 Å². The maximum Gasteiger partial charge on any atom is 0.257 e. The lowest BCUT2D eigenvalue weighted by Gasteiger charge is -2.07. The first-order valence-corrected chi connectivity index (χ1v) is 9.41. The van der Waals surface area contributed by atoms with Gasteiger partial charge in [-0.2, -0.15) is 0 Å². The third kappa shape index (κ3) is 3.61. The van der Waals surface area contributed by atoms with Crippen LogP contribution in [-0.2, 0) is 0 Å². The molecule has 1 N–H and O–H groups in total. The Kier molecular flexibility index (Phi) is 4.84. The second kappa shape index (κ2) is 7.30. The van der Waals surface area contributed by atoms with Gasteiger partial charge in [-0.25, -0.2) is 4.98 Å². The van der Waals surface area contributed by atoms with Gasteiger partial charge < -0.3 is 9.73 Å². The van der Waals surface area contributed by atoms with E-state index in [1.54, 1.807) is 30.3 Å². The Labute approximate surface area is 172 Å². The summed E-state index contributed by atoms with van der Waals surface area (Å²) in [6, 6.07) is 16.3. The summed E-state index contributed by atoms with van der Waals surface area (Å²) >= 11 is 12.4. The van der Waals surface area contributed by atoms with Crippen LogP contribution in [0.5, 0.6) is 0 Å². The van der Waals surface area contributed by atoms with Crippen molar-refractivity contribution in [2.24, 2.45) is 0 Å². The van der Waals surface area contributed by atoms with Gasteiger partial charge in [0.2, 0.25) is 5.89 Å². The minimum atomic E-state index is -0.279. The fourth-order valence-corrected chi connectivity index (χ4v) is 3.36. The number of anilines is 1. The number of fused-ring (bicyclic) bond motifs is 1. The third-order valence-electron chi connectivity index (χ3n) is 4.43. The SMILES string of the molecule is Cc1ccc(C(=O)Nc2ccc3oc(-c4ccc(C)c(Cl)c4)nc3c2)c(Cl)c1. The molecule has 4 nitrogen and oxygen atoms in total. The van der Waals surface area contributed by atoms with Crippen molar-refractivity contribution in [1.82, 2.24) is 4.98 Å². The fraction of sp³-hybridized carbons (Fsp3) is 0.0909. The largest absolute Gasteiger partial charge is 0.436 e. The number of carbonyl (C=O) groups is 1. The molecule has 0 aliphatic carbocycles. The molecule has 1 heterocycles. The van der Waals surface area contributed by atoms with Crippen molar-refractivity contribution in [2.75, 3.05) is 5.32 Å². The smallest absolute Gasteiger partial charge is 0.257 e. The maximum atomic E-state index is 12.5. The number of hydrogen-bond acceptors (Lipinski definition) is 3. The molecule has 0 fully saturated rings. The van der Waals surface area contributed by atoms with E-state index >= 15 is 0 Å². The van der Waals surface area contributed by atoms with E-state index in [2.05, 4.69) is 10.3 Å². The number of nitrogens with one attached hydrogen (secondary N) is 1. The monoisotopic (exact) mass is 410 g/mol. The average Bonchev–Trinajstić information content (AvgIpc) is 3.07. The summed E-state index contributed by atoms with van der Waals surface area (Å²) in [7, 11) is 0. The summed E-state index contributed by atoms with van der Waals surface area (Å²) < 4.78 is 5.82. The van der Waals surface area contributed by atoms with Crippen LogP contribution in [0.3, 0.4) is 0 Å². The van der Waals surface area contributed by atoms with E-state index in [-0.39, 0.29) is 5.91 Å². The normalized spacial score (nSPS) is 11.0. The van der Waals surface area contributed by atoms with E-state index < -0.39 is 0 Å². The summed E-state index contributed by atoms with van der Waals surface area (Å²) in [6.07, 6.45) is 0. The van der Waals surface area contributed by atoms with Crippen LogP contribution in [-0.4, -0.2) is 10.9 Å². The minimum Gasteiger partial charge on any atom is -0.436 e. The Bertz CT molecular complexity index is 1210. The maximum absolute atomic E-state index is 12.5. The second-order valence-electron chi connectivity index (χ2n) is 6.60. The fourth-order valence-electron chi connectivity index (χ4n) is 2.86. The van der Waals surface area contributed by atoms with Gasteiger partial charge in [-0.05, 0) is 67.4 Å². The Morgan fingerprint density at radius 1 is 0.964 bits per heavy atom. The zero-order valence-corrected chi connectivity index (χ0v) is 16.7. The van der Waals surface area contributed by atoms with Crippen molar-refractivity contribution in [2.45, 2.75) is 13.8 Å². The summed E-state index contributed by atoms with van der Waals surface area (Å²) in [4.78, 5) is 17.0. The zero-order valence-electron chi connectivity index (χ0n) is 15.2. The van der Waals surface area contributed by atoms with Crippen molar-refractivity contribution in [3.8, 4) is 11.5 Å². The molecular weight excluding hydrogens is 395 g/mol. The number of aromatic nitrogens is 1. The Balaban J connectivity index is 1.62. The van der Waals surface area contributed by atoms with Crippen molar-refractivity contribution in [1.29, 1.82) is 0 Å². The first-order chi connectivity index (χ1) is 13.4. The molecule has 1 amide bonds. The van der Waals surface area contributed by atoms with Crippen LogP contribution >= 0.6 is 23.2 Å². The highest BCUT2D eigenvalue weighted by atomic mass is 35.5.